The molecule has 2 heterocycles. The Morgan fingerprint density at radius 1 is 1.13 bits per heavy atom. The van der Waals surface area contributed by atoms with Crippen molar-refractivity contribution in [3.8, 4) is 5.75 Å². The van der Waals surface area contributed by atoms with Crippen LogP contribution in [0.3, 0.4) is 0 Å². The van der Waals surface area contributed by atoms with Crippen molar-refractivity contribution in [1.29, 1.82) is 0 Å². The summed E-state index contributed by atoms with van der Waals surface area (Å²) in [6, 6.07) is 3.52. The smallest absolute Gasteiger partial charge is 0.313 e. The van der Waals surface area contributed by atoms with Gasteiger partial charge in [0.05, 0.1) is 23.9 Å². The molecule has 0 bridgehead atoms. The van der Waals surface area contributed by atoms with Crippen LogP contribution in [-0.2, 0) is 27.3 Å². The van der Waals surface area contributed by atoms with Gasteiger partial charge >= 0.3 is 11.8 Å². The first-order valence-electron chi connectivity index (χ1n) is 12.7. The van der Waals surface area contributed by atoms with Gasteiger partial charge in [0.25, 0.3) is 5.91 Å². The minimum absolute atomic E-state index is 0.0406. The van der Waals surface area contributed by atoms with Crippen molar-refractivity contribution in [3.63, 3.8) is 0 Å². The average Bonchev–Trinajstić information content (AvgIpc) is 3.33. The fourth-order valence-corrected chi connectivity index (χ4v) is 6.19. The molecular weight excluding hydrogens is 544 g/mol. The highest BCUT2D eigenvalue weighted by atomic mass is 35.5. The zero-order chi connectivity index (χ0) is 28.3. The van der Waals surface area contributed by atoms with E-state index in [4.69, 9.17) is 16.3 Å². The van der Waals surface area contributed by atoms with E-state index in [2.05, 4.69) is 25.8 Å². The van der Waals surface area contributed by atoms with Crippen molar-refractivity contribution in [2.24, 2.45) is 5.92 Å². The molecule has 1 aliphatic carbocycles. The van der Waals surface area contributed by atoms with Gasteiger partial charge in [-0.3, -0.25) is 19.2 Å². The Morgan fingerprint density at radius 2 is 1.90 bits per heavy atom. The van der Waals surface area contributed by atoms with E-state index in [0.29, 0.717) is 40.7 Å². The molecule has 3 N–H and O–H groups in total. The Hall–Kier alpha value is -3.22. The Balaban J connectivity index is 1.46. The number of fused-ring (bicyclic) bond motifs is 1. The number of nitrogens with one attached hydrogen (secondary N) is 3. The van der Waals surface area contributed by atoms with Crippen LogP contribution in [0.5, 0.6) is 5.75 Å². The highest BCUT2D eigenvalue weighted by Crippen LogP contribution is 2.29. The predicted octanol–water partition coefficient (Wildman–Crippen LogP) is 1.90. The van der Waals surface area contributed by atoms with Gasteiger partial charge in [0, 0.05) is 62.2 Å². The quantitative estimate of drug-likeness (QED) is 0.447. The van der Waals surface area contributed by atoms with Gasteiger partial charge in [0.1, 0.15) is 5.75 Å². The molecule has 2 aromatic rings. The fraction of sp³-hybridized carbons (Fsp3) is 0.500. The Bertz CT molecular complexity index is 1270. The molecule has 1 aromatic carbocycles. The number of amides is 4. The maximum atomic E-state index is 13.2. The molecule has 0 saturated heterocycles. The van der Waals surface area contributed by atoms with Gasteiger partial charge in [-0.25, -0.2) is 4.98 Å². The number of aromatic nitrogens is 1. The highest BCUT2D eigenvalue weighted by molar-refractivity contribution is 7.13. The number of likely N-dealkylation sites (N-methyl/N-ethyl adjacent to an activating group) is 1. The number of ether oxygens (including phenoxy) is 1. The monoisotopic (exact) mass is 576 g/mol. The second-order valence-corrected chi connectivity index (χ2v) is 11.6. The molecule has 2 aliphatic rings. The Kier molecular flexibility index (Phi) is 9.08. The number of hydrogen-bond acceptors (Lipinski definition) is 8. The van der Waals surface area contributed by atoms with E-state index in [1.807, 2.05) is 7.05 Å². The predicted molar refractivity (Wildman–Crippen MR) is 148 cm³/mol. The van der Waals surface area contributed by atoms with E-state index in [9.17, 15) is 19.2 Å². The summed E-state index contributed by atoms with van der Waals surface area (Å²) < 4.78 is 5.15. The Morgan fingerprint density at radius 3 is 2.62 bits per heavy atom. The molecule has 1 fully saturated rings. The number of carbonyl (C=O) groups excluding carboxylic acids is 4. The van der Waals surface area contributed by atoms with Crippen LogP contribution in [0.25, 0.3) is 0 Å². The molecule has 39 heavy (non-hydrogen) atoms. The summed E-state index contributed by atoms with van der Waals surface area (Å²) >= 11 is 7.39. The number of methoxy groups -OCH3 is 1. The number of halogens is 1. The lowest BCUT2D eigenvalue weighted by Gasteiger charge is -2.37. The lowest BCUT2D eigenvalue weighted by Crippen LogP contribution is -2.57. The summed E-state index contributed by atoms with van der Waals surface area (Å²) in [6.45, 7) is 1.63. The molecule has 13 heteroatoms. The summed E-state index contributed by atoms with van der Waals surface area (Å²) in [7, 11) is 6.86. The van der Waals surface area contributed by atoms with E-state index in [-0.39, 0.29) is 17.7 Å². The minimum atomic E-state index is -0.868. The first-order valence-corrected chi connectivity index (χ1v) is 13.9. The zero-order valence-corrected chi connectivity index (χ0v) is 23.9. The molecule has 1 saturated carbocycles. The van der Waals surface area contributed by atoms with Gasteiger partial charge in [-0.2, -0.15) is 0 Å². The second kappa shape index (κ2) is 12.3. The Labute approximate surface area is 236 Å². The third-order valence-electron chi connectivity index (χ3n) is 7.00. The van der Waals surface area contributed by atoms with Gasteiger partial charge < -0.3 is 30.5 Å². The topological polar surface area (TPSA) is 133 Å². The number of nitrogens with zero attached hydrogens (tertiary/aromatic N) is 3. The number of benzene rings is 1. The summed E-state index contributed by atoms with van der Waals surface area (Å²) in [5, 5.41) is 9.02. The molecule has 1 aliphatic heterocycles. The van der Waals surface area contributed by atoms with Crippen molar-refractivity contribution < 1.29 is 23.9 Å². The zero-order valence-electron chi connectivity index (χ0n) is 22.4. The second-order valence-electron chi connectivity index (χ2n) is 10.1. The molecular formula is C26H33ClN6O5S. The van der Waals surface area contributed by atoms with Crippen molar-refractivity contribution in [3.05, 3.63) is 38.8 Å². The van der Waals surface area contributed by atoms with Crippen molar-refractivity contribution >= 4 is 52.3 Å². The van der Waals surface area contributed by atoms with Gasteiger partial charge in [0.2, 0.25) is 5.91 Å². The summed E-state index contributed by atoms with van der Waals surface area (Å²) in [5.41, 5.74) is 1.29. The molecule has 3 atom stereocenters. The van der Waals surface area contributed by atoms with Crippen LogP contribution in [0.4, 0.5) is 5.69 Å². The van der Waals surface area contributed by atoms with Crippen LogP contribution in [0.15, 0.2) is 18.2 Å². The average molecular weight is 577 g/mol. The maximum Gasteiger partial charge on any atom is 0.313 e. The summed E-state index contributed by atoms with van der Waals surface area (Å²) in [5.74, 6) is -2.06. The third-order valence-corrected chi connectivity index (χ3v) is 8.40. The standard InChI is InChI=1S/C26H33ClN6O5S/c1-32(2)26(37)14-5-8-17(29-23(35)22(34)28-15-6-7-16(27)20(12-15)38-4)19(11-14)30-24(36)25-31-18-9-10-33(3)13-21(18)39-25/h6-7,12,14,17,19H,5,8-11,13H2,1-4H3,(H,28,34)(H,29,35)(H,30,36)/t14-,17-,19+/m0/s1. The minimum Gasteiger partial charge on any atom is -0.495 e. The van der Waals surface area contributed by atoms with Crippen LogP contribution < -0.4 is 20.7 Å². The van der Waals surface area contributed by atoms with Crippen LogP contribution in [0.1, 0.15) is 39.6 Å². The molecule has 0 unspecified atom stereocenters. The highest BCUT2D eigenvalue weighted by Gasteiger charge is 2.37. The van der Waals surface area contributed by atoms with E-state index in [1.165, 1.54) is 29.4 Å². The molecule has 210 valence electrons. The number of hydrogen-bond donors (Lipinski definition) is 3. The normalized spacial score (nSPS) is 20.9. The molecule has 1 aromatic heterocycles. The number of carbonyl (C=O) groups is 4. The van der Waals surface area contributed by atoms with Crippen molar-refractivity contribution in [1.82, 2.24) is 25.4 Å². The molecule has 0 radical (unpaired) electrons. The van der Waals surface area contributed by atoms with Crippen molar-refractivity contribution in [2.45, 2.75) is 44.3 Å². The number of anilines is 1. The first-order chi connectivity index (χ1) is 18.5. The fourth-order valence-electron chi connectivity index (χ4n) is 4.90. The SMILES string of the molecule is COc1cc(NC(=O)C(=O)N[C@H]2CC[C@H](C(=O)N(C)C)C[C@H]2NC(=O)c2nc3c(s2)CN(C)CC3)ccc1Cl. The number of thiazole rings is 1. The van der Waals surface area contributed by atoms with Gasteiger partial charge in [-0.15, -0.1) is 11.3 Å². The lowest BCUT2D eigenvalue weighted by molar-refractivity contribution is -0.137. The molecule has 4 rings (SSSR count). The van der Waals surface area contributed by atoms with Gasteiger partial charge in [0.15, 0.2) is 5.01 Å². The largest absolute Gasteiger partial charge is 0.495 e. The van der Waals surface area contributed by atoms with E-state index in [1.54, 1.807) is 26.2 Å². The maximum absolute atomic E-state index is 13.2. The third kappa shape index (κ3) is 6.87. The van der Waals surface area contributed by atoms with Crippen molar-refractivity contribution in [2.75, 3.05) is 40.1 Å². The van der Waals surface area contributed by atoms with E-state index in [0.717, 1.165) is 30.1 Å². The summed E-state index contributed by atoms with van der Waals surface area (Å²) in [6.07, 6.45) is 2.05. The first kappa shape index (κ1) is 28.8. The lowest BCUT2D eigenvalue weighted by atomic mass is 9.81. The molecule has 11 nitrogen and oxygen atoms in total. The number of rotatable bonds is 6. The van der Waals surface area contributed by atoms with Crippen LogP contribution >= 0.6 is 22.9 Å². The van der Waals surface area contributed by atoms with Crippen LogP contribution in [0, 0.1) is 5.92 Å². The van der Waals surface area contributed by atoms with Crippen LogP contribution in [0.2, 0.25) is 5.02 Å². The van der Waals surface area contributed by atoms with Gasteiger partial charge in [-0.1, -0.05) is 11.6 Å². The van der Waals surface area contributed by atoms with E-state index < -0.39 is 23.9 Å². The summed E-state index contributed by atoms with van der Waals surface area (Å²) in [4.78, 5) is 60.8. The molecule has 0 spiro atoms. The van der Waals surface area contributed by atoms with E-state index >= 15 is 0 Å². The molecule has 4 amide bonds. The van der Waals surface area contributed by atoms with Crippen LogP contribution in [-0.4, -0.2) is 85.3 Å². The van der Waals surface area contributed by atoms with Gasteiger partial charge in [-0.05, 0) is 38.4 Å².